The summed E-state index contributed by atoms with van der Waals surface area (Å²) in [7, 11) is 1.63. The van der Waals surface area contributed by atoms with Crippen molar-refractivity contribution in [2.24, 2.45) is 0 Å². The minimum absolute atomic E-state index is 0.00449. The fraction of sp³-hybridized carbons (Fsp3) is 0.438. The molecule has 0 N–H and O–H groups in total. The molecule has 3 aromatic rings. The van der Waals surface area contributed by atoms with Crippen LogP contribution in [0.15, 0.2) is 20.5 Å². The van der Waals surface area contributed by atoms with Gasteiger partial charge in [0.15, 0.2) is 5.16 Å². The fourth-order valence-corrected chi connectivity index (χ4v) is 4.39. The molecule has 0 aromatic carbocycles. The predicted molar refractivity (Wildman–Crippen MR) is 96.0 cm³/mol. The minimum Gasteiger partial charge on any atom is -0.383 e. The lowest BCUT2D eigenvalue weighted by Gasteiger charge is -2.11. The van der Waals surface area contributed by atoms with Crippen molar-refractivity contribution in [3.8, 4) is 0 Å². The second-order valence-corrected chi connectivity index (χ2v) is 7.68. The smallest absolute Gasteiger partial charge is 0.263 e. The zero-order valence-electron chi connectivity index (χ0n) is 14.1. The Hall–Kier alpha value is -1.64. The van der Waals surface area contributed by atoms with Crippen LogP contribution in [0.2, 0.25) is 0 Å². The number of fused-ring (bicyclic) bond motifs is 1. The summed E-state index contributed by atoms with van der Waals surface area (Å²) in [5, 5.41) is 5.28. The molecule has 0 saturated carbocycles. The number of hydrogen-bond acceptors (Lipinski definition) is 7. The van der Waals surface area contributed by atoms with Crippen LogP contribution in [0.4, 0.5) is 0 Å². The Morgan fingerprint density at radius 2 is 2.17 bits per heavy atom. The van der Waals surface area contributed by atoms with E-state index in [0.717, 1.165) is 26.7 Å². The Balaban J connectivity index is 2.02. The largest absolute Gasteiger partial charge is 0.383 e. The van der Waals surface area contributed by atoms with E-state index < -0.39 is 0 Å². The summed E-state index contributed by atoms with van der Waals surface area (Å²) >= 11 is 3.04. The molecule has 8 heteroatoms. The molecule has 3 rings (SSSR count). The lowest BCUT2D eigenvalue weighted by molar-refractivity contribution is 0.183. The lowest BCUT2D eigenvalue weighted by atomic mass is 10.2. The highest BCUT2D eigenvalue weighted by atomic mass is 32.2. The van der Waals surface area contributed by atoms with Crippen molar-refractivity contribution in [2.75, 3.05) is 13.7 Å². The second kappa shape index (κ2) is 7.08. The van der Waals surface area contributed by atoms with Gasteiger partial charge in [-0.05, 0) is 26.3 Å². The maximum Gasteiger partial charge on any atom is 0.263 e. The van der Waals surface area contributed by atoms with Gasteiger partial charge in [-0.3, -0.25) is 9.36 Å². The van der Waals surface area contributed by atoms with E-state index in [9.17, 15) is 4.79 Å². The van der Waals surface area contributed by atoms with Crippen LogP contribution in [0.25, 0.3) is 10.2 Å². The van der Waals surface area contributed by atoms with Gasteiger partial charge >= 0.3 is 0 Å². The van der Waals surface area contributed by atoms with Gasteiger partial charge in [-0.1, -0.05) is 16.9 Å². The summed E-state index contributed by atoms with van der Waals surface area (Å²) in [4.78, 5) is 19.6. The van der Waals surface area contributed by atoms with Crippen molar-refractivity contribution in [3.05, 3.63) is 38.3 Å². The van der Waals surface area contributed by atoms with E-state index in [1.165, 1.54) is 11.8 Å². The van der Waals surface area contributed by atoms with Gasteiger partial charge in [0.25, 0.3) is 5.56 Å². The third kappa shape index (κ3) is 3.26. The van der Waals surface area contributed by atoms with Crippen molar-refractivity contribution in [1.82, 2.24) is 14.7 Å². The zero-order chi connectivity index (χ0) is 17.3. The molecule has 24 heavy (non-hydrogen) atoms. The Labute approximate surface area is 147 Å². The topological polar surface area (TPSA) is 70.2 Å². The SMILES string of the molecule is COCCn1c(SCc2cc(C)no2)nc2sc(C)c(C)c2c1=O. The van der Waals surface area contributed by atoms with Crippen LogP contribution >= 0.6 is 23.1 Å². The van der Waals surface area contributed by atoms with E-state index in [1.54, 1.807) is 23.0 Å². The van der Waals surface area contributed by atoms with Crippen molar-refractivity contribution < 1.29 is 9.26 Å². The van der Waals surface area contributed by atoms with Crippen LogP contribution in [-0.4, -0.2) is 28.4 Å². The summed E-state index contributed by atoms with van der Waals surface area (Å²) in [6.45, 7) is 6.81. The van der Waals surface area contributed by atoms with E-state index >= 15 is 0 Å². The van der Waals surface area contributed by atoms with Gasteiger partial charge < -0.3 is 9.26 Å². The summed E-state index contributed by atoms with van der Waals surface area (Å²) in [5.74, 6) is 1.35. The number of ether oxygens (including phenoxy) is 1. The molecule has 0 spiro atoms. The number of thioether (sulfide) groups is 1. The van der Waals surface area contributed by atoms with Gasteiger partial charge in [0.05, 0.1) is 30.0 Å². The van der Waals surface area contributed by atoms with Gasteiger partial charge in [0, 0.05) is 18.1 Å². The van der Waals surface area contributed by atoms with E-state index in [1.807, 2.05) is 26.8 Å². The fourth-order valence-electron chi connectivity index (χ4n) is 2.42. The molecule has 3 heterocycles. The molecule has 0 bridgehead atoms. The van der Waals surface area contributed by atoms with Gasteiger partial charge in [-0.2, -0.15) is 0 Å². The van der Waals surface area contributed by atoms with Gasteiger partial charge in [0.2, 0.25) is 0 Å². The van der Waals surface area contributed by atoms with Gasteiger partial charge in [-0.15, -0.1) is 11.3 Å². The number of aryl methyl sites for hydroxylation is 3. The minimum atomic E-state index is -0.00449. The van der Waals surface area contributed by atoms with Crippen LogP contribution in [-0.2, 0) is 17.0 Å². The molecule has 6 nitrogen and oxygen atoms in total. The highest BCUT2D eigenvalue weighted by Crippen LogP contribution is 2.29. The standard InChI is InChI=1S/C16H19N3O3S2/c1-9-7-12(22-18-9)8-23-16-17-14-13(10(2)11(3)24-14)15(20)19(16)5-6-21-4/h7H,5-6,8H2,1-4H3. The molecule has 128 valence electrons. The first-order valence-electron chi connectivity index (χ1n) is 7.55. The Morgan fingerprint density at radius 3 is 2.83 bits per heavy atom. The normalized spacial score (nSPS) is 11.5. The number of aromatic nitrogens is 3. The molecule has 0 aliphatic carbocycles. The van der Waals surface area contributed by atoms with Crippen LogP contribution in [0.5, 0.6) is 0 Å². The molecule has 0 radical (unpaired) electrons. The average molecular weight is 365 g/mol. The summed E-state index contributed by atoms with van der Waals surface area (Å²) in [6, 6.07) is 1.89. The Kier molecular flexibility index (Phi) is 5.07. The molecular weight excluding hydrogens is 346 g/mol. The number of methoxy groups -OCH3 is 1. The first-order chi connectivity index (χ1) is 11.5. The van der Waals surface area contributed by atoms with Gasteiger partial charge in [0.1, 0.15) is 10.6 Å². The maximum absolute atomic E-state index is 12.9. The highest BCUT2D eigenvalue weighted by molar-refractivity contribution is 7.98. The van der Waals surface area contributed by atoms with Crippen molar-refractivity contribution in [2.45, 2.75) is 38.2 Å². The van der Waals surface area contributed by atoms with Crippen LogP contribution in [0.1, 0.15) is 21.9 Å². The third-order valence-electron chi connectivity index (χ3n) is 3.79. The number of thiophene rings is 1. The third-order valence-corrected chi connectivity index (χ3v) is 5.89. The molecule has 0 unspecified atom stereocenters. The predicted octanol–water partition coefficient (Wildman–Crippen LogP) is 3.31. The molecule has 0 aliphatic heterocycles. The van der Waals surface area contributed by atoms with Crippen LogP contribution in [0.3, 0.4) is 0 Å². The van der Waals surface area contributed by atoms with Crippen LogP contribution in [0, 0.1) is 20.8 Å². The molecule has 0 atom stereocenters. The maximum atomic E-state index is 12.9. The Bertz CT molecular complexity index is 927. The molecular formula is C16H19N3O3S2. The summed E-state index contributed by atoms with van der Waals surface area (Å²) in [5.41, 5.74) is 1.85. The van der Waals surface area contributed by atoms with Gasteiger partial charge in [-0.25, -0.2) is 4.98 Å². The van der Waals surface area contributed by atoms with Crippen LogP contribution < -0.4 is 5.56 Å². The lowest BCUT2D eigenvalue weighted by Crippen LogP contribution is -2.25. The summed E-state index contributed by atoms with van der Waals surface area (Å²) < 4.78 is 12.1. The molecule has 3 aromatic heterocycles. The second-order valence-electron chi connectivity index (χ2n) is 5.53. The first-order valence-corrected chi connectivity index (χ1v) is 9.36. The molecule has 0 fully saturated rings. The monoisotopic (exact) mass is 365 g/mol. The Morgan fingerprint density at radius 1 is 1.38 bits per heavy atom. The van der Waals surface area contributed by atoms with Crippen molar-refractivity contribution in [3.63, 3.8) is 0 Å². The number of rotatable bonds is 6. The van der Waals surface area contributed by atoms with Crippen molar-refractivity contribution in [1.29, 1.82) is 0 Å². The molecule has 0 amide bonds. The molecule has 0 saturated heterocycles. The summed E-state index contributed by atoms with van der Waals surface area (Å²) in [6.07, 6.45) is 0. The average Bonchev–Trinajstić information content (AvgIpc) is 3.08. The number of nitrogens with zero attached hydrogens (tertiary/aromatic N) is 3. The quantitative estimate of drug-likeness (QED) is 0.493. The van der Waals surface area contributed by atoms with E-state index in [0.29, 0.717) is 29.4 Å². The molecule has 0 aliphatic rings. The van der Waals surface area contributed by atoms with E-state index in [2.05, 4.69) is 5.16 Å². The zero-order valence-corrected chi connectivity index (χ0v) is 15.7. The van der Waals surface area contributed by atoms with E-state index in [4.69, 9.17) is 14.2 Å². The highest BCUT2D eigenvalue weighted by Gasteiger charge is 2.17. The first kappa shape index (κ1) is 17.2. The van der Waals surface area contributed by atoms with Crippen molar-refractivity contribution >= 4 is 33.3 Å². The number of hydrogen-bond donors (Lipinski definition) is 0. The van der Waals surface area contributed by atoms with E-state index in [-0.39, 0.29) is 5.56 Å².